The van der Waals surface area contributed by atoms with Crippen molar-refractivity contribution in [3.8, 4) is 0 Å². The highest BCUT2D eigenvalue weighted by Gasteiger charge is 2.18. The summed E-state index contributed by atoms with van der Waals surface area (Å²) in [7, 11) is 1.41. The van der Waals surface area contributed by atoms with E-state index < -0.39 is 19.9 Å². The summed E-state index contributed by atoms with van der Waals surface area (Å²) in [5, 5.41) is 8.78. The molecule has 0 aliphatic heterocycles. The molecule has 2 unspecified atom stereocenters. The van der Waals surface area contributed by atoms with Crippen LogP contribution in [0.5, 0.6) is 0 Å². The number of carbonyl (C=O) groups is 1. The van der Waals surface area contributed by atoms with E-state index in [0.29, 0.717) is 37.1 Å². The summed E-state index contributed by atoms with van der Waals surface area (Å²) in [6.45, 7) is 3.77. The zero-order chi connectivity index (χ0) is 30.7. The number of rotatable bonds is 32. The Hall–Kier alpha value is -0.540. The second-order valence-corrected chi connectivity index (χ2v) is 13.7. The Kier molecular flexibility index (Phi) is 26.7. The Morgan fingerprint density at radius 1 is 0.707 bits per heavy atom. The number of carboxylic acids is 1. The molecule has 0 aromatic carbocycles. The average molecular weight is 610 g/mol. The first-order valence-electron chi connectivity index (χ1n) is 16.4. The normalized spacial score (nSPS) is 14.3. The van der Waals surface area contributed by atoms with Crippen LogP contribution in [0, 0.1) is 0 Å². The minimum absolute atomic E-state index is 0.0424. The molecule has 0 rings (SSSR count). The minimum atomic E-state index is -4.44. The number of carboxylic acid groups (broad SMARTS) is 1. The standard InChI is InChI=1S/C31H64NO8P/c1-5-6-7-8-9-10-11-12-13-14-15-16-17-18-19-21-25-37-28-30(38-26-22-20-23-31(33)34)29-40-41(35,36)39-27-24-32(2,3)4/h30H,5-29H2,1-4H3,(H-,33,34,35,36). The lowest BCUT2D eigenvalue weighted by atomic mass is 10.0. The van der Waals surface area contributed by atoms with Gasteiger partial charge in [0.05, 0.1) is 34.4 Å². The topological polar surface area (TPSA) is 114 Å². The van der Waals surface area contributed by atoms with E-state index in [4.69, 9.17) is 23.6 Å². The van der Waals surface area contributed by atoms with Crippen molar-refractivity contribution in [3.63, 3.8) is 0 Å². The molecule has 41 heavy (non-hydrogen) atoms. The van der Waals surface area contributed by atoms with Gasteiger partial charge in [-0.15, -0.1) is 0 Å². The average Bonchev–Trinajstić information content (AvgIpc) is 2.89. The van der Waals surface area contributed by atoms with E-state index in [0.717, 1.165) is 12.8 Å². The van der Waals surface area contributed by atoms with Gasteiger partial charge in [0.1, 0.15) is 19.3 Å². The predicted octanol–water partition coefficient (Wildman–Crippen LogP) is 7.11. The van der Waals surface area contributed by atoms with Crippen LogP contribution < -0.4 is 4.89 Å². The number of likely N-dealkylation sites (N-methyl/N-ethyl adjacent to an activating group) is 1. The third-order valence-corrected chi connectivity index (χ3v) is 7.98. The fourth-order valence-electron chi connectivity index (χ4n) is 4.38. The zero-order valence-electron chi connectivity index (χ0n) is 27.0. The van der Waals surface area contributed by atoms with Crippen LogP contribution in [0.2, 0.25) is 0 Å². The second kappa shape index (κ2) is 27.0. The summed E-state index contributed by atoms with van der Waals surface area (Å²) in [4.78, 5) is 22.8. The third-order valence-electron chi connectivity index (χ3n) is 7.01. The zero-order valence-corrected chi connectivity index (χ0v) is 27.8. The molecule has 0 aromatic rings. The van der Waals surface area contributed by atoms with Crippen molar-refractivity contribution in [1.29, 1.82) is 0 Å². The largest absolute Gasteiger partial charge is 0.756 e. The third kappa shape index (κ3) is 32.2. The molecule has 0 aromatic heterocycles. The number of phosphoric acid groups is 1. The Morgan fingerprint density at radius 3 is 1.68 bits per heavy atom. The second-order valence-electron chi connectivity index (χ2n) is 12.3. The number of unbranched alkanes of at least 4 members (excludes halogenated alkanes) is 16. The van der Waals surface area contributed by atoms with Gasteiger partial charge in [-0.3, -0.25) is 9.36 Å². The molecule has 0 aliphatic rings. The van der Waals surface area contributed by atoms with E-state index in [-0.39, 0.29) is 26.2 Å². The Bertz CT molecular complexity index is 644. The Morgan fingerprint density at radius 2 is 1.20 bits per heavy atom. The summed E-state index contributed by atoms with van der Waals surface area (Å²) in [6, 6.07) is 0. The van der Waals surface area contributed by atoms with Gasteiger partial charge in [0, 0.05) is 19.6 Å². The number of nitrogens with zero attached hydrogens (tertiary/aromatic N) is 1. The molecule has 1 N–H and O–H groups in total. The van der Waals surface area contributed by atoms with Crippen LogP contribution in [-0.2, 0) is 27.9 Å². The van der Waals surface area contributed by atoms with Crippen molar-refractivity contribution in [2.45, 2.75) is 135 Å². The molecule has 246 valence electrons. The van der Waals surface area contributed by atoms with E-state index in [9.17, 15) is 14.3 Å². The maximum absolute atomic E-state index is 12.1. The molecule has 0 amide bonds. The summed E-state index contributed by atoms with van der Waals surface area (Å²) in [6.07, 6.45) is 21.6. The number of hydrogen-bond acceptors (Lipinski definition) is 7. The molecular formula is C31H64NO8P. The first-order chi connectivity index (χ1) is 19.6. The smallest absolute Gasteiger partial charge is 0.303 e. The van der Waals surface area contributed by atoms with Crippen LogP contribution in [-0.4, -0.2) is 82.4 Å². The van der Waals surface area contributed by atoms with Crippen molar-refractivity contribution < 1.29 is 42.4 Å². The summed E-state index contributed by atoms with van der Waals surface area (Å²) >= 11 is 0. The van der Waals surface area contributed by atoms with Crippen LogP contribution in [0.3, 0.4) is 0 Å². The molecule has 0 saturated carbocycles. The molecule has 2 atom stereocenters. The number of phosphoric ester groups is 1. The molecule has 0 bridgehead atoms. The quantitative estimate of drug-likeness (QED) is 0.0487. The molecule has 0 spiro atoms. The highest BCUT2D eigenvalue weighted by molar-refractivity contribution is 7.45. The van der Waals surface area contributed by atoms with Crippen LogP contribution in [0.15, 0.2) is 0 Å². The fourth-order valence-corrected chi connectivity index (χ4v) is 5.11. The molecule has 9 nitrogen and oxygen atoms in total. The first-order valence-corrected chi connectivity index (χ1v) is 17.8. The molecule has 10 heteroatoms. The van der Waals surface area contributed by atoms with Crippen LogP contribution in [0.1, 0.15) is 129 Å². The monoisotopic (exact) mass is 609 g/mol. The number of aliphatic carboxylic acids is 1. The van der Waals surface area contributed by atoms with Gasteiger partial charge in [0.25, 0.3) is 7.82 Å². The summed E-state index contributed by atoms with van der Waals surface area (Å²) in [5.41, 5.74) is 0. The maximum Gasteiger partial charge on any atom is 0.303 e. The van der Waals surface area contributed by atoms with Gasteiger partial charge in [0.15, 0.2) is 0 Å². The van der Waals surface area contributed by atoms with Gasteiger partial charge in [-0.1, -0.05) is 103 Å². The van der Waals surface area contributed by atoms with Crippen molar-refractivity contribution in [3.05, 3.63) is 0 Å². The summed E-state index contributed by atoms with van der Waals surface area (Å²) in [5.74, 6) is -0.842. The minimum Gasteiger partial charge on any atom is -0.756 e. The highest BCUT2D eigenvalue weighted by atomic mass is 31.2. The van der Waals surface area contributed by atoms with E-state index in [2.05, 4.69) is 6.92 Å². The highest BCUT2D eigenvalue weighted by Crippen LogP contribution is 2.38. The lowest BCUT2D eigenvalue weighted by molar-refractivity contribution is -0.870. The van der Waals surface area contributed by atoms with Crippen molar-refractivity contribution in [2.24, 2.45) is 0 Å². The Balaban J connectivity index is 3.95. The lowest BCUT2D eigenvalue weighted by Gasteiger charge is -2.28. The maximum atomic E-state index is 12.1. The van der Waals surface area contributed by atoms with Crippen LogP contribution >= 0.6 is 7.82 Å². The molecule has 0 heterocycles. The van der Waals surface area contributed by atoms with Gasteiger partial charge in [-0.2, -0.15) is 0 Å². The van der Waals surface area contributed by atoms with E-state index in [1.807, 2.05) is 21.1 Å². The van der Waals surface area contributed by atoms with E-state index in [1.165, 1.54) is 89.9 Å². The van der Waals surface area contributed by atoms with Crippen molar-refractivity contribution in [2.75, 3.05) is 60.7 Å². The molecule has 0 fully saturated rings. The lowest BCUT2D eigenvalue weighted by Crippen LogP contribution is -2.37. The van der Waals surface area contributed by atoms with E-state index in [1.54, 1.807) is 0 Å². The van der Waals surface area contributed by atoms with Gasteiger partial charge >= 0.3 is 5.97 Å². The van der Waals surface area contributed by atoms with E-state index >= 15 is 0 Å². The van der Waals surface area contributed by atoms with Gasteiger partial charge in [-0.25, -0.2) is 0 Å². The SMILES string of the molecule is CCCCCCCCCCCCCCCCCCOCC(COP(=O)([O-])OCC[N+](C)(C)C)OCCCCC(=O)O. The van der Waals surface area contributed by atoms with Crippen molar-refractivity contribution >= 4 is 13.8 Å². The fraction of sp³-hybridized carbons (Fsp3) is 0.968. The van der Waals surface area contributed by atoms with Gasteiger partial charge in [-0.05, 0) is 19.3 Å². The van der Waals surface area contributed by atoms with Crippen LogP contribution in [0.25, 0.3) is 0 Å². The number of quaternary nitrogens is 1. The molecular weight excluding hydrogens is 545 g/mol. The molecule has 0 aliphatic carbocycles. The molecule has 0 radical (unpaired) electrons. The Labute approximate surface area is 251 Å². The number of hydrogen-bond donors (Lipinski definition) is 1. The van der Waals surface area contributed by atoms with Crippen molar-refractivity contribution in [1.82, 2.24) is 0 Å². The summed E-state index contributed by atoms with van der Waals surface area (Å²) < 4.78 is 34.3. The van der Waals surface area contributed by atoms with Gasteiger partial charge < -0.3 is 33.0 Å². The number of ether oxygens (including phenoxy) is 2. The predicted molar refractivity (Wildman–Crippen MR) is 164 cm³/mol. The van der Waals surface area contributed by atoms with Crippen LogP contribution in [0.4, 0.5) is 0 Å². The first kappa shape index (κ1) is 40.5. The van der Waals surface area contributed by atoms with Gasteiger partial charge in [0.2, 0.25) is 0 Å². The molecule has 0 saturated heterocycles.